The van der Waals surface area contributed by atoms with E-state index < -0.39 is 0 Å². The Morgan fingerprint density at radius 1 is 1.08 bits per heavy atom. The quantitative estimate of drug-likeness (QED) is 0.866. The number of piperazine rings is 1. The number of ether oxygens (including phenoxy) is 1. The Kier molecular flexibility index (Phi) is 6.34. The first-order valence-corrected chi connectivity index (χ1v) is 9.30. The second-order valence-corrected chi connectivity index (χ2v) is 7.06. The van der Waals surface area contributed by atoms with E-state index in [0.717, 1.165) is 18.7 Å². The molecule has 1 aromatic rings. The van der Waals surface area contributed by atoms with Crippen LogP contribution in [0, 0.1) is 6.92 Å². The smallest absolute Gasteiger partial charge is 0.321 e. The average Bonchev–Trinajstić information content (AvgIpc) is 2.65. The highest BCUT2D eigenvalue weighted by atomic mass is 35.5. The summed E-state index contributed by atoms with van der Waals surface area (Å²) >= 11 is 6.10. The van der Waals surface area contributed by atoms with Gasteiger partial charge in [-0.3, -0.25) is 9.69 Å². The fourth-order valence-corrected chi connectivity index (χ4v) is 3.26. The molecule has 3 amide bonds. The van der Waals surface area contributed by atoms with Gasteiger partial charge in [0.05, 0.1) is 19.8 Å². The van der Waals surface area contributed by atoms with E-state index in [4.69, 9.17) is 16.3 Å². The number of carbonyl (C=O) groups is 2. The molecule has 0 spiro atoms. The minimum absolute atomic E-state index is 0.122. The highest BCUT2D eigenvalue weighted by molar-refractivity contribution is 6.31. The molecule has 0 aromatic heterocycles. The van der Waals surface area contributed by atoms with Gasteiger partial charge in [-0.1, -0.05) is 17.7 Å². The van der Waals surface area contributed by atoms with Crippen LogP contribution in [-0.4, -0.2) is 85.7 Å². The fourth-order valence-electron chi connectivity index (χ4n) is 3.08. The van der Waals surface area contributed by atoms with Gasteiger partial charge in [0.25, 0.3) is 0 Å². The van der Waals surface area contributed by atoms with Crippen molar-refractivity contribution in [3.05, 3.63) is 28.8 Å². The maximum atomic E-state index is 12.4. The van der Waals surface area contributed by atoms with Crippen LogP contribution in [0.5, 0.6) is 0 Å². The highest BCUT2D eigenvalue weighted by Crippen LogP contribution is 2.20. The minimum atomic E-state index is -0.162. The lowest BCUT2D eigenvalue weighted by Gasteiger charge is -2.36. The topological polar surface area (TPSA) is 65.1 Å². The second-order valence-electron chi connectivity index (χ2n) is 6.65. The van der Waals surface area contributed by atoms with Gasteiger partial charge in [0.2, 0.25) is 5.91 Å². The number of amides is 3. The van der Waals surface area contributed by atoms with Gasteiger partial charge in [0, 0.05) is 50.0 Å². The zero-order valence-corrected chi connectivity index (χ0v) is 15.8. The first-order chi connectivity index (χ1) is 12.5. The molecule has 0 saturated carbocycles. The van der Waals surface area contributed by atoms with Crippen molar-refractivity contribution in [2.45, 2.75) is 6.92 Å². The molecule has 7 nitrogen and oxygen atoms in total. The van der Waals surface area contributed by atoms with E-state index in [-0.39, 0.29) is 11.9 Å². The number of carbonyl (C=O) groups excluding carboxylic acids is 2. The number of nitrogens with one attached hydrogen (secondary N) is 1. The van der Waals surface area contributed by atoms with Crippen molar-refractivity contribution >= 4 is 29.2 Å². The predicted octanol–water partition coefficient (Wildman–Crippen LogP) is 1.66. The molecule has 2 aliphatic heterocycles. The normalized spacial score (nSPS) is 18.7. The summed E-state index contributed by atoms with van der Waals surface area (Å²) in [5.41, 5.74) is 1.65. The van der Waals surface area contributed by atoms with Crippen LogP contribution in [-0.2, 0) is 9.53 Å². The lowest BCUT2D eigenvalue weighted by molar-refractivity contribution is -0.134. The third-order valence-corrected chi connectivity index (χ3v) is 5.21. The number of aryl methyl sites for hydroxylation is 1. The molecule has 1 aromatic carbocycles. The Balaban J connectivity index is 1.45. The summed E-state index contributed by atoms with van der Waals surface area (Å²) in [4.78, 5) is 30.5. The number of hydrogen-bond acceptors (Lipinski definition) is 4. The monoisotopic (exact) mass is 380 g/mol. The Morgan fingerprint density at radius 3 is 2.38 bits per heavy atom. The molecule has 0 atom stereocenters. The summed E-state index contributed by atoms with van der Waals surface area (Å²) in [7, 11) is 0. The lowest BCUT2D eigenvalue weighted by Crippen LogP contribution is -2.54. The number of nitrogens with zero attached hydrogens (tertiary/aromatic N) is 3. The van der Waals surface area contributed by atoms with Crippen LogP contribution in [0.1, 0.15) is 5.56 Å². The van der Waals surface area contributed by atoms with Gasteiger partial charge in [-0.15, -0.1) is 0 Å². The van der Waals surface area contributed by atoms with E-state index in [1.807, 2.05) is 24.0 Å². The van der Waals surface area contributed by atoms with Crippen molar-refractivity contribution < 1.29 is 14.3 Å². The van der Waals surface area contributed by atoms with Gasteiger partial charge in [-0.2, -0.15) is 0 Å². The summed E-state index contributed by atoms with van der Waals surface area (Å²) in [5.74, 6) is 0.122. The molecule has 26 heavy (non-hydrogen) atoms. The number of urea groups is 1. The van der Waals surface area contributed by atoms with Crippen molar-refractivity contribution in [2.24, 2.45) is 0 Å². The van der Waals surface area contributed by atoms with E-state index >= 15 is 0 Å². The van der Waals surface area contributed by atoms with Gasteiger partial charge in [0.15, 0.2) is 0 Å². The second kappa shape index (κ2) is 8.70. The van der Waals surface area contributed by atoms with E-state index in [9.17, 15) is 9.59 Å². The standard InChI is InChI=1S/C18H25ClN4O3/c1-14-2-3-15(12-16(14)19)20-18(25)23-6-4-22(5-7-23)17(24)13-21-8-10-26-11-9-21/h2-3,12H,4-11,13H2,1H3,(H,20,25). The zero-order chi connectivity index (χ0) is 18.5. The SMILES string of the molecule is Cc1ccc(NC(=O)N2CCN(C(=O)CN3CCOCC3)CC2)cc1Cl. The third-order valence-electron chi connectivity index (χ3n) is 4.81. The molecule has 2 fully saturated rings. The van der Waals surface area contributed by atoms with Gasteiger partial charge in [0.1, 0.15) is 0 Å². The zero-order valence-electron chi connectivity index (χ0n) is 15.0. The molecule has 3 rings (SSSR count). The summed E-state index contributed by atoms with van der Waals surface area (Å²) in [6, 6.07) is 5.29. The molecule has 2 saturated heterocycles. The molecule has 0 bridgehead atoms. The Bertz CT molecular complexity index is 656. The largest absolute Gasteiger partial charge is 0.379 e. The van der Waals surface area contributed by atoms with Crippen molar-refractivity contribution in [1.29, 1.82) is 0 Å². The van der Waals surface area contributed by atoms with Crippen LogP contribution in [0.4, 0.5) is 10.5 Å². The minimum Gasteiger partial charge on any atom is -0.379 e. The molecular weight excluding hydrogens is 356 g/mol. The van der Waals surface area contributed by atoms with Gasteiger partial charge in [-0.05, 0) is 24.6 Å². The summed E-state index contributed by atoms with van der Waals surface area (Å²) < 4.78 is 5.30. The van der Waals surface area contributed by atoms with E-state index in [0.29, 0.717) is 56.6 Å². The first kappa shape index (κ1) is 18.9. The lowest BCUT2D eigenvalue weighted by atomic mass is 10.2. The fraction of sp³-hybridized carbons (Fsp3) is 0.556. The number of anilines is 1. The molecule has 142 valence electrons. The van der Waals surface area contributed by atoms with E-state index in [2.05, 4.69) is 10.2 Å². The van der Waals surface area contributed by atoms with Crippen LogP contribution in [0.3, 0.4) is 0 Å². The Labute approximate surface area is 158 Å². The highest BCUT2D eigenvalue weighted by Gasteiger charge is 2.25. The van der Waals surface area contributed by atoms with Crippen molar-refractivity contribution in [3.8, 4) is 0 Å². The van der Waals surface area contributed by atoms with E-state index in [1.165, 1.54) is 0 Å². The number of benzene rings is 1. The summed E-state index contributed by atoms with van der Waals surface area (Å²) in [6.07, 6.45) is 0. The Hall–Kier alpha value is -1.83. The van der Waals surface area contributed by atoms with Crippen molar-refractivity contribution in [2.75, 3.05) is 64.3 Å². The molecule has 2 aliphatic rings. The van der Waals surface area contributed by atoms with Crippen LogP contribution in [0.2, 0.25) is 5.02 Å². The van der Waals surface area contributed by atoms with Crippen molar-refractivity contribution in [1.82, 2.24) is 14.7 Å². The number of rotatable bonds is 3. The molecule has 1 N–H and O–H groups in total. The van der Waals surface area contributed by atoms with Crippen LogP contribution >= 0.6 is 11.6 Å². The Morgan fingerprint density at radius 2 is 1.73 bits per heavy atom. The third kappa shape index (κ3) is 4.87. The molecular formula is C18H25ClN4O3. The van der Waals surface area contributed by atoms with Crippen LogP contribution in [0.15, 0.2) is 18.2 Å². The number of morpholine rings is 1. The maximum Gasteiger partial charge on any atom is 0.321 e. The van der Waals surface area contributed by atoms with Gasteiger partial charge in [-0.25, -0.2) is 4.79 Å². The van der Waals surface area contributed by atoms with E-state index in [1.54, 1.807) is 11.0 Å². The average molecular weight is 381 g/mol. The van der Waals surface area contributed by atoms with Crippen LogP contribution < -0.4 is 5.32 Å². The molecule has 0 radical (unpaired) electrons. The number of halogens is 1. The summed E-state index contributed by atoms with van der Waals surface area (Å²) in [6.45, 7) is 7.49. The molecule has 0 aliphatic carbocycles. The molecule has 0 unspecified atom stereocenters. The van der Waals surface area contributed by atoms with Crippen LogP contribution in [0.25, 0.3) is 0 Å². The first-order valence-electron chi connectivity index (χ1n) is 8.93. The van der Waals surface area contributed by atoms with Gasteiger partial charge < -0.3 is 19.9 Å². The number of hydrogen-bond donors (Lipinski definition) is 1. The maximum absolute atomic E-state index is 12.4. The predicted molar refractivity (Wildman–Crippen MR) is 101 cm³/mol. The van der Waals surface area contributed by atoms with Crippen molar-refractivity contribution in [3.63, 3.8) is 0 Å². The molecule has 8 heteroatoms. The van der Waals surface area contributed by atoms with Gasteiger partial charge >= 0.3 is 6.03 Å². The molecule has 2 heterocycles. The summed E-state index contributed by atoms with van der Waals surface area (Å²) in [5, 5.41) is 3.49.